The van der Waals surface area contributed by atoms with Crippen LogP contribution in [-0.4, -0.2) is 35.7 Å². The lowest BCUT2D eigenvalue weighted by Gasteiger charge is -2.23. The summed E-state index contributed by atoms with van der Waals surface area (Å²) in [7, 11) is 0. The molecule has 86 valence electrons. The van der Waals surface area contributed by atoms with Crippen molar-refractivity contribution in [3.8, 4) is 0 Å². The van der Waals surface area contributed by atoms with Gasteiger partial charge < -0.3 is 4.90 Å². The van der Waals surface area contributed by atoms with Crippen LogP contribution in [0, 0.1) is 11.3 Å². The maximum atomic E-state index is 11.5. The van der Waals surface area contributed by atoms with Crippen LogP contribution in [0.15, 0.2) is 0 Å². The van der Waals surface area contributed by atoms with Gasteiger partial charge in [-0.05, 0) is 37.0 Å². The van der Waals surface area contributed by atoms with E-state index in [4.69, 9.17) is 23.2 Å². The third-order valence-corrected chi connectivity index (χ3v) is 4.59. The van der Waals surface area contributed by atoms with E-state index in [1.807, 2.05) is 4.90 Å². The SMILES string of the molecule is O=C(CCl)N1CCC2(CCC(CCl)C2)C1. The molecule has 2 fully saturated rings. The average molecular weight is 250 g/mol. The number of carbonyl (C=O) groups is 1. The fourth-order valence-electron chi connectivity index (χ4n) is 3.06. The molecule has 1 aliphatic carbocycles. The lowest BCUT2D eigenvalue weighted by Crippen LogP contribution is -2.32. The molecule has 0 aromatic rings. The summed E-state index contributed by atoms with van der Waals surface area (Å²) in [5, 5.41) is 0. The molecular formula is C11H17Cl2NO. The van der Waals surface area contributed by atoms with Gasteiger partial charge in [0.1, 0.15) is 5.88 Å². The van der Waals surface area contributed by atoms with Gasteiger partial charge >= 0.3 is 0 Å². The first-order valence-electron chi connectivity index (χ1n) is 5.59. The Morgan fingerprint density at radius 2 is 2.20 bits per heavy atom. The van der Waals surface area contributed by atoms with Crippen molar-refractivity contribution < 1.29 is 4.79 Å². The van der Waals surface area contributed by atoms with Gasteiger partial charge in [-0.25, -0.2) is 0 Å². The third kappa shape index (κ3) is 2.26. The second kappa shape index (κ2) is 4.50. The summed E-state index contributed by atoms with van der Waals surface area (Å²) >= 11 is 11.5. The lowest BCUT2D eigenvalue weighted by atomic mass is 9.85. The molecule has 0 bridgehead atoms. The van der Waals surface area contributed by atoms with E-state index in [1.165, 1.54) is 19.3 Å². The van der Waals surface area contributed by atoms with Crippen LogP contribution < -0.4 is 0 Å². The Kier molecular flexibility index (Phi) is 3.46. The minimum Gasteiger partial charge on any atom is -0.341 e. The second-order valence-electron chi connectivity index (χ2n) is 4.96. The Balaban J connectivity index is 1.94. The highest BCUT2D eigenvalue weighted by Crippen LogP contribution is 2.48. The number of carbonyl (C=O) groups excluding carboxylic acids is 1. The Morgan fingerprint density at radius 1 is 1.40 bits per heavy atom. The molecule has 1 aliphatic heterocycles. The number of nitrogens with zero attached hydrogens (tertiary/aromatic N) is 1. The molecule has 15 heavy (non-hydrogen) atoms. The van der Waals surface area contributed by atoms with Crippen molar-refractivity contribution in [3.05, 3.63) is 0 Å². The molecule has 0 N–H and O–H groups in total. The Labute approximate surface area is 101 Å². The van der Waals surface area contributed by atoms with Crippen LogP contribution in [0.1, 0.15) is 25.7 Å². The van der Waals surface area contributed by atoms with Crippen molar-refractivity contribution in [2.75, 3.05) is 24.8 Å². The van der Waals surface area contributed by atoms with Crippen LogP contribution in [0.5, 0.6) is 0 Å². The number of likely N-dealkylation sites (tertiary alicyclic amines) is 1. The van der Waals surface area contributed by atoms with Crippen LogP contribution in [-0.2, 0) is 4.79 Å². The zero-order valence-corrected chi connectivity index (χ0v) is 10.4. The van der Waals surface area contributed by atoms with Gasteiger partial charge in [0.05, 0.1) is 0 Å². The smallest absolute Gasteiger partial charge is 0.237 e. The van der Waals surface area contributed by atoms with Gasteiger partial charge in [-0.15, -0.1) is 23.2 Å². The Bertz CT molecular complexity index is 259. The molecule has 0 aromatic carbocycles. The van der Waals surface area contributed by atoms with Gasteiger partial charge in [-0.2, -0.15) is 0 Å². The van der Waals surface area contributed by atoms with E-state index in [2.05, 4.69) is 0 Å². The third-order valence-electron chi connectivity index (χ3n) is 3.93. The molecular weight excluding hydrogens is 233 g/mol. The van der Waals surface area contributed by atoms with E-state index in [-0.39, 0.29) is 11.8 Å². The number of rotatable bonds is 2. The number of hydrogen-bond acceptors (Lipinski definition) is 1. The molecule has 1 amide bonds. The van der Waals surface area contributed by atoms with E-state index in [0.717, 1.165) is 25.4 Å². The highest BCUT2D eigenvalue weighted by atomic mass is 35.5. The second-order valence-corrected chi connectivity index (χ2v) is 5.54. The van der Waals surface area contributed by atoms with E-state index in [9.17, 15) is 4.79 Å². The summed E-state index contributed by atoms with van der Waals surface area (Å²) in [5.74, 6) is 1.64. The molecule has 1 spiro atoms. The topological polar surface area (TPSA) is 20.3 Å². The van der Waals surface area contributed by atoms with Crippen LogP contribution in [0.4, 0.5) is 0 Å². The van der Waals surface area contributed by atoms with E-state index in [0.29, 0.717) is 11.3 Å². The molecule has 0 radical (unpaired) electrons. The van der Waals surface area contributed by atoms with Gasteiger partial charge in [0.15, 0.2) is 0 Å². The number of alkyl halides is 2. The summed E-state index contributed by atoms with van der Waals surface area (Å²) in [4.78, 5) is 13.4. The van der Waals surface area contributed by atoms with E-state index in [1.54, 1.807) is 0 Å². The standard InChI is InChI=1S/C11H17Cl2NO/c12-6-9-1-2-11(5-9)3-4-14(8-11)10(15)7-13/h9H,1-8H2. The molecule has 1 heterocycles. The van der Waals surface area contributed by atoms with Crippen LogP contribution >= 0.6 is 23.2 Å². The van der Waals surface area contributed by atoms with Crippen molar-refractivity contribution in [1.29, 1.82) is 0 Å². The van der Waals surface area contributed by atoms with Crippen LogP contribution in [0.3, 0.4) is 0 Å². The van der Waals surface area contributed by atoms with Gasteiger partial charge in [0, 0.05) is 19.0 Å². The zero-order valence-electron chi connectivity index (χ0n) is 8.85. The molecule has 2 rings (SSSR count). The van der Waals surface area contributed by atoms with Crippen molar-refractivity contribution in [3.63, 3.8) is 0 Å². The first kappa shape index (κ1) is 11.5. The van der Waals surface area contributed by atoms with Gasteiger partial charge in [-0.3, -0.25) is 4.79 Å². The molecule has 2 nitrogen and oxygen atoms in total. The minimum absolute atomic E-state index is 0.0860. The zero-order chi connectivity index (χ0) is 10.9. The molecule has 2 unspecified atom stereocenters. The summed E-state index contributed by atoms with van der Waals surface area (Å²) in [6, 6.07) is 0. The van der Waals surface area contributed by atoms with Gasteiger partial charge in [0.25, 0.3) is 0 Å². The number of hydrogen-bond donors (Lipinski definition) is 0. The predicted octanol–water partition coefficient (Wildman–Crippen LogP) is 2.48. The molecule has 4 heteroatoms. The summed E-state index contributed by atoms with van der Waals surface area (Å²) in [6.07, 6.45) is 4.80. The van der Waals surface area contributed by atoms with Crippen molar-refractivity contribution in [1.82, 2.24) is 4.90 Å². The Hall–Kier alpha value is 0.0500. The monoisotopic (exact) mass is 249 g/mol. The van der Waals surface area contributed by atoms with Crippen LogP contribution in [0.25, 0.3) is 0 Å². The summed E-state index contributed by atoms with van der Waals surface area (Å²) in [6.45, 7) is 1.80. The highest BCUT2D eigenvalue weighted by Gasteiger charge is 2.44. The first-order valence-corrected chi connectivity index (χ1v) is 6.66. The van der Waals surface area contributed by atoms with Crippen molar-refractivity contribution in [2.45, 2.75) is 25.7 Å². The number of amides is 1. The highest BCUT2D eigenvalue weighted by molar-refractivity contribution is 6.27. The van der Waals surface area contributed by atoms with E-state index < -0.39 is 0 Å². The van der Waals surface area contributed by atoms with E-state index >= 15 is 0 Å². The first-order chi connectivity index (χ1) is 7.19. The lowest BCUT2D eigenvalue weighted by molar-refractivity contribution is -0.127. The Morgan fingerprint density at radius 3 is 2.80 bits per heavy atom. The fraction of sp³-hybridized carbons (Fsp3) is 0.909. The predicted molar refractivity (Wildman–Crippen MR) is 62.4 cm³/mol. The van der Waals surface area contributed by atoms with Gasteiger partial charge in [-0.1, -0.05) is 0 Å². The van der Waals surface area contributed by atoms with Crippen molar-refractivity contribution in [2.24, 2.45) is 11.3 Å². The number of halogens is 2. The minimum atomic E-state index is 0.0860. The molecule has 2 atom stereocenters. The normalized spacial score (nSPS) is 35.3. The molecule has 1 saturated heterocycles. The van der Waals surface area contributed by atoms with Crippen molar-refractivity contribution >= 4 is 29.1 Å². The molecule has 0 aromatic heterocycles. The van der Waals surface area contributed by atoms with Crippen LogP contribution in [0.2, 0.25) is 0 Å². The maximum Gasteiger partial charge on any atom is 0.237 e. The fourth-order valence-corrected chi connectivity index (χ4v) is 3.49. The molecule has 2 aliphatic rings. The summed E-state index contributed by atoms with van der Waals surface area (Å²) in [5.41, 5.74) is 0.376. The maximum absolute atomic E-state index is 11.5. The van der Waals surface area contributed by atoms with Gasteiger partial charge in [0.2, 0.25) is 5.91 Å². The quantitative estimate of drug-likeness (QED) is 0.689. The largest absolute Gasteiger partial charge is 0.341 e. The summed E-state index contributed by atoms with van der Waals surface area (Å²) < 4.78 is 0. The molecule has 1 saturated carbocycles. The average Bonchev–Trinajstić information content (AvgIpc) is 2.86.